The van der Waals surface area contributed by atoms with Crippen LogP contribution in [0, 0.1) is 0 Å². The topological polar surface area (TPSA) is 51.7 Å². The summed E-state index contributed by atoms with van der Waals surface area (Å²) in [6, 6.07) is 3.51. The molecule has 0 bridgehead atoms. The summed E-state index contributed by atoms with van der Waals surface area (Å²) in [6.07, 6.45) is 5.15. The standard InChI is InChI=1S/C16H24N2O3/c1-12(2)21-16(19)14-8-6-9-17-15(14)18(3)11-13-7-4-5-10-20-13/h6,8-9,12-13H,4-5,7,10-11H2,1-3H3. The lowest BCUT2D eigenvalue weighted by atomic mass is 10.1. The zero-order chi connectivity index (χ0) is 15.2. The Hall–Kier alpha value is -1.62. The van der Waals surface area contributed by atoms with Crippen LogP contribution in [0.4, 0.5) is 5.82 Å². The molecule has 1 aliphatic rings. The number of rotatable bonds is 5. The van der Waals surface area contributed by atoms with Crippen molar-refractivity contribution in [3.05, 3.63) is 23.9 Å². The first-order valence-corrected chi connectivity index (χ1v) is 7.56. The van der Waals surface area contributed by atoms with Gasteiger partial charge in [0.15, 0.2) is 0 Å². The molecule has 0 aromatic carbocycles. The number of carbonyl (C=O) groups is 1. The van der Waals surface area contributed by atoms with Gasteiger partial charge in [0.1, 0.15) is 11.4 Å². The number of pyridine rings is 1. The van der Waals surface area contributed by atoms with Crippen LogP contribution >= 0.6 is 0 Å². The Labute approximate surface area is 126 Å². The fourth-order valence-electron chi connectivity index (χ4n) is 2.48. The predicted molar refractivity (Wildman–Crippen MR) is 81.6 cm³/mol. The number of hydrogen-bond acceptors (Lipinski definition) is 5. The number of anilines is 1. The van der Waals surface area contributed by atoms with Gasteiger partial charge in [0, 0.05) is 26.4 Å². The predicted octanol–water partition coefficient (Wildman–Crippen LogP) is 2.65. The minimum Gasteiger partial charge on any atom is -0.459 e. The molecular formula is C16H24N2O3. The van der Waals surface area contributed by atoms with Crippen molar-refractivity contribution < 1.29 is 14.3 Å². The second-order valence-corrected chi connectivity index (χ2v) is 5.70. The van der Waals surface area contributed by atoms with Crippen LogP contribution in [0.1, 0.15) is 43.5 Å². The number of likely N-dealkylation sites (N-methyl/N-ethyl adjacent to an activating group) is 1. The van der Waals surface area contributed by atoms with Gasteiger partial charge in [0.2, 0.25) is 0 Å². The maximum atomic E-state index is 12.2. The number of ether oxygens (including phenoxy) is 2. The summed E-state index contributed by atoms with van der Waals surface area (Å²) in [5.41, 5.74) is 0.504. The summed E-state index contributed by atoms with van der Waals surface area (Å²) in [5, 5.41) is 0. The summed E-state index contributed by atoms with van der Waals surface area (Å²) >= 11 is 0. The number of hydrogen-bond donors (Lipinski definition) is 0. The van der Waals surface area contributed by atoms with Gasteiger partial charge in [-0.1, -0.05) is 0 Å². The van der Waals surface area contributed by atoms with Crippen LogP contribution in [-0.2, 0) is 9.47 Å². The molecule has 1 saturated heterocycles. The van der Waals surface area contributed by atoms with Crippen molar-refractivity contribution in [3.63, 3.8) is 0 Å². The highest BCUT2D eigenvalue weighted by Gasteiger charge is 2.21. The first-order chi connectivity index (χ1) is 10.1. The average molecular weight is 292 g/mol. The fourth-order valence-corrected chi connectivity index (χ4v) is 2.48. The molecule has 2 heterocycles. The molecule has 0 aliphatic carbocycles. The van der Waals surface area contributed by atoms with Crippen LogP contribution in [0.3, 0.4) is 0 Å². The molecule has 0 radical (unpaired) electrons. The molecule has 1 aliphatic heterocycles. The second kappa shape index (κ2) is 7.41. The smallest absolute Gasteiger partial charge is 0.342 e. The molecule has 0 saturated carbocycles. The molecule has 5 heteroatoms. The van der Waals surface area contributed by atoms with Gasteiger partial charge in [0.25, 0.3) is 0 Å². The van der Waals surface area contributed by atoms with Crippen LogP contribution in [-0.4, -0.2) is 43.4 Å². The van der Waals surface area contributed by atoms with E-state index in [1.807, 2.05) is 25.8 Å². The van der Waals surface area contributed by atoms with E-state index < -0.39 is 0 Å². The van der Waals surface area contributed by atoms with E-state index >= 15 is 0 Å². The van der Waals surface area contributed by atoms with Gasteiger partial charge >= 0.3 is 5.97 Å². The molecule has 0 spiro atoms. The van der Waals surface area contributed by atoms with Gasteiger partial charge in [-0.3, -0.25) is 0 Å². The Morgan fingerprint density at radius 1 is 1.52 bits per heavy atom. The van der Waals surface area contributed by atoms with Crippen LogP contribution in [0.15, 0.2) is 18.3 Å². The van der Waals surface area contributed by atoms with Crippen molar-refractivity contribution in [2.24, 2.45) is 0 Å². The quantitative estimate of drug-likeness (QED) is 0.781. The molecule has 1 fully saturated rings. The van der Waals surface area contributed by atoms with E-state index in [2.05, 4.69) is 4.98 Å². The van der Waals surface area contributed by atoms with Crippen molar-refractivity contribution >= 4 is 11.8 Å². The molecule has 116 valence electrons. The molecular weight excluding hydrogens is 268 g/mol. The molecule has 1 unspecified atom stereocenters. The lowest BCUT2D eigenvalue weighted by molar-refractivity contribution is 0.0213. The first kappa shape index (κ1) is 15.8. The van der Waals surface area contributed by atoms with Crippen LogP contribution in [0.5, 0.6) is 0 Å². The molecule has 0 N–H and O–H groups in total. The summed E-state index contributed by atoms with van der Waals surface area (Å²) in [7, 11) is 1.94. The van der Waals surface area contributed by atoms with Crippen LogP contribution in [0.2, 0.25) is 0 Å². The first-order valence-electron chi connectivity index (χ1n) is 7.56. The Morgan fingerprint density at radius 2 is 2.33 bits per heavy atom. The van der Waals surface area contributed by atoms with Crippen molar-refractivity contribution in [3.8, 4) is 0 Å². The van der Waals surface area contributed by atoms with Crippen LogP contribution in [0.25, 0.3) is 0 Å². The average Bonchev–Trinajstić information content (AvgIpc) is 2.47. The minimum absolute atomic E-state index is 0.141. The van der Waals surface area contributed by atoms with E-state index in [4.69, 9.17) is 9.47 Å². The van der Waals surface area contributed by atoms with E-state index in [0.717, 1.165) is 26.0 Å². The van der Waals surface area contributed by atoms with Crippen molar-refractivity contribution in [2.75, 3.05) is 25.1 Å². The van der Waals surface area contributed by atoms with Crippen LogP contribution < -0.4 is 4.90 Å². The molecule has 21 heavy (non-hydrogen) atoms. The lowest BCUT2D eigenvalue weighted by Gasteiger charge is -2.28. The number of aromatic nitrogens is 1. The van der Waals surface area contributed by atoms with Gasteiger partial charge in [-0.25, -0.2) is 9.78 Å². The highest BCUT2D eigenvalue weighted by Crippen LogP contribution is 2.20. The minimum atomic E-state index is -0.329. The van der Waals surface area contributed by atoms with E-state index in [0.29, 0.717) is 11.4 Å². The SMILES string of the molecule is CC(C)OC(=O)c1cccnc1N(C)CC1CCCCO1. The zero-order valence-electron chi connectivity index (χ0n) is 13.0. The summed E-state index contributed by atoms with van der Waals surface area (Å²) < 4.78 is 11.0. The lowest BCUT2D eigenvalue weighted by Crippen LogP contribution is -2.34. The van der Waals surface area contributed by atoms with Gasteiger partial charge in [-0.2, -0.15) is 0 Å². The second-order valence-electron chi connectivity index (χ2n) is 5.70. The van der Waals surface area contributed by atoms with E-state index in [1.165, 1.54) is 6.42 Å². The molecule has 5 nitrogen and oxygen atoms in total. The third-order valence-electron chi connectivity index (χ3n) is 3.46. The van der Waals surface area contributed by atoms with Gasteiger partial charge < -0.3 is 14.4 Å². The monoisotopic (exact) mass is 292 g/mol. The molecule has 1 aromatic rings. The van der Waals surface area contributed by atoms with Crippen molar-refractivity contribution in [2.45, 2.75) is 45.3 Å². The molecule has 1 aromatic heterocycles. The summed E-state index contributed by atoms with van der Waals surface area (Å²) in [4.78, 5) is 18.5. The fraction of sp³-hybridized carbons (Fsp3) is 0.625. The summed E-state index contributed by atoms with van der Waals surface area (Å²) in [6.45, 7) is 5.24. The highest BCUT2D eigenvalue weighted by molar-refractivity contribution is 5.94. The Kier molecular flexibility index (Phi) is 5.56. The third-order valence-corrected chi connectivity index (χ3v) is 3.46. The zero-order valence-corrected chi connectivity index (χ0v) is 13.0. The van der Waals surface area contributed by atoms with Gasteiger partial charge in [-0.05, 0) is 45.2 Å². The molecule has 2 rings (SSSR count). The van der Waals surface area contributed by atoms with E-state index in [9.17, 15) is 4.79 Å². The normalized spacial score (nSPS) is 18.6. The van der Waals surface area contributed by atoms with E-state index in [-0.39, 0.29) is 18.2 Å². The largest absolute Gasteiger partial charge is 0.459 e. The van der Waals surface area contributed by atoms with Crippen molar-refractivity contribution in [1.29, 1.82) is 0 Å². The molecule has 1 atom stereocenters. The number of carbonyl (C=O) groups excluding carboxylic acids is 1. The maximum Gasteiger partial charge on any atom is 0.342 e. The Bertz CT molecular complexity index is 470. The van der Waals surface area contributed by atoms with Gasteiger partial charge in [0.05, 0.1) is 12.2 Å². The van der Waals surface area contributed by atoms with Crippen molar-refractivity contribution in [1.82, 2.24) is 4.98 Å². The number of nitrogens with zero attached hydrogens (tertiary/aromatic N) is 2. The highest BCUT2D eigenvalue weighted by atomic mass is 16.5. The number of esters is 1. The van der Waals surface area contributed by atoms with E-state index in [1.54, 1.807) is 18.3 Å². The summed E-state index contributed by atoms with van der Waals surface area (Å²) in [5.74, 6) is 0.321. The maximum absolute atomic E-state index is 12.2. The van der Waals surface area contributed by atoms with Gasteiger partial charge in [-0.15, -0.1) is 0 Å². The molecule has 0 amide bonds. The third kappa shape index (κ3) is 4.43. The Balaban J connectivity index is 2.09. The Morgan fingerprint density at radius 3 is 3.00 bits per heavy atom.